The molecule has 0 radical (unpaired) electrons. The Morgan fingerprint density at radius 3 is 2.59 bits per heavy atom. The van der Waals surface area contributed by atoms with Crippen LogP contribution in [-0.2, 0) is 16.0 Å². The molecule has 2 aliphatic heterocycles. The van der Waals surface area contributed by atoms with Gasteiger partial charge in [0.2, 0.25) is 11.8 Å². The van der Waals surface area contributed by atoms with Crippen LogP contribution >= 0.6 is 0 Å². The molecule has 6 heteroatoms. The van der Waals surface area contributed by atoms with Gasteiger partial charge in [-0.05, 0) is 30.5 Å². The van der Waals surface area contributed by atoms with Crippen molar-refractivity contribution in [2.75, 3.05) is 0 Å². The average molecular weight is 302 g/mol. The molecule has 0 saturated carbocycles. The smallest absolute Gasteiger partial charge is 0.262 e. The first-order chi connectivity index (χ1) is 10.5. The van der Waals surface area contributed by atoms with E-state index in [2.05, 4.69) is 5.32 Å². The summed E-state index contributed by atoms with van der Waals surface area (Å²) in [5, 5.41) is 2.18. The number of hydrogen-bond donors (Lipinski definition) is 1. The van der Waals surface area contributed by atoms with Gasteiger partial charge in [0.25, 0.3) is 11.8 Å². The molecule has 116 valence electrons. The number of carbonyl (C=O) groups is 4. The van der Waals surface area contributed by atoms with Crippen LogP contribution in [0.2, 0.25) is 0 Å². The van der Waals surface area contributed by atoms with Gasteiger partial charge in [0.1, 0.15) is 6.04 Å². The Morgan fingerprint density at radius 1 is 1.18 bits per heavy atom. The van der Waals surface area contributed by atoms with Crippen LogP contribution in [0.4, 0.5) is 0 Å². The summed E-state index contributed by atoms with van der Waals surface area (Å²) in [6.45, 7) is 2.04. The van der Waals surface area contributed by atoms with Gasteiger partial charge in [-0.25, -0.2) is 0 Å². The predicted octanol–water partition coefficient (Wildman–Crippen LogP) is 1.29. The zero-order valence-corrected chi connectivity index (χ0v) is 12.2. The highest BCUT2D eigenvalue weighted by Crippen LogP contribution is 2.28. The number of fused-ring (bicyclic) bond motifs is 1. The number of hydrogen-bond acceptors (Lipinski definition) is 4. The van der Waals surface area contributed by atoms with E-state index in [0.717, 1.165) is 23.3 Å². The summed E-state index contributed by atoms with van der Waals surface area (Å²) in [7, 11) is 0. The predicted molar refractivity (Wildman–Crippen MR) is 79.2 cm³/mol. The van der Waals surface area contributed by atoms with Crippen molar-refractivity contribution in [1.82, 2.24) is 10.2 Å². The van der Waals surface area contributed by atoms with Crippen molar-refractivity contribution in [3.63, 3.8) is 0 Å². The monoisotopic (exact) mass is 302 g/mol. The molecule has 1 fully saturated rings. The Bertz CT molecular complexity index is 701. The lowest BCUT2D eigenvalue weighted by Crippen LogP contribution is -2.54. The average Bonchev–Trinajstić information content (AvgIpc) is 2.72. The van der Waals surface area contributed by atoms with E-state index in [4.69, 9.17) is 0 Å². The van der Waals surface area contributed by atoms with Crippen LogP contribution in [0.25, 0.3) is 0 Å². The number of rotatable bonds is 3. The van der Waals surface area contributed by atoms with Crippen molar-refractivity contribution in [2.24, 2.45) is 0 Å². The second kappa shape index (κ2) is 5.36. The number of imide groups is 2. The maximum absolute atomic E-state index is 12.5. The first-order valence-electron chi connectivity index (χ1n) is 7.37. The summed E-state index contributed by atoms with van der Waals surface area (Å²) in [5.74, 6) is -1.87. The maximum Gasteiger partial charge on any atom is 0.262 e. The molecule has 2 heterocycles. The fourth-order valence-corrected chi connectivity index (χ4v) is 2.96. The lowest BCUT2D eigenvalue weighted by Gasteiger charge is -2.27. The maximum atomic E-state index is 12.5. The molecule has 0 aliphatic carbocycles. The van der Waals surface area contributed by atoms with E-state index >= 15 is 0 Å². The first-order valence-corrected chi connectivity index (χ1v) is 7.37. The van der Waals surface area contributed by atoms with Gasteiger partial charge in [0, 0.05) is 7.85 Å². The van der Waals surface area contributed by atoms with Gasteiger partial charge in [-0.15, -0.1) is 0 Å². The number of piperidine rings is 1. The summed E-state index contributed by atoms with van der Waals surface area (Å²) < 4.78 is 0. The molecule has 1 N–H and O–H groups in total. The Labute approximate surface area is 129 Å². The zero-order valence-electron chi connectivity index (χ0n) is 12.2. The van der Waals surface area contributed by atoms with Crippen LogP contribution in [0.1, 0.15) is 53.9 Å². The van der Waals surface area contributed by atoms with E-state index in [1.54, 1.807) is 12.1 Å². The third kappa shape index (κ3) is 2.20. The van der Waals surface area contributed by atoms with Crippen LogP contribution in [0, 0.1) is 0 Å². The second-order valence-corrected chi connectivity index (χ2v) is 5.58. The summed E-state index contributed by atoms with van der Waals surface area (Å²) in [6, 6.07) is 4.30. The van der Waals surface area contributed by atoms with Crippen molar-refractivity contribution < 1.29 is 20.6 Å². The summed E-state index contributed by atoms with van der Waals surface area (Å²) in [4.78, 5) is 49.1. The van der Waals surface area contributed by atoms with E-state index in [-0.39, 0.29) is 20.2 Å². The van der Waals surface area contributed by atoms with E-state index < -0.39 is 23.8 Å². The molecule has 6 nitrogen and oxygen atoms in total. The summed E-state index contributed by atoms with van der Waals surface area (Å²) >= 11 is 0. The Hall–Kier alpha value is -2.50. The van der Waals surface area contributed by atoms with Crippen molar-refractivity contribution >= 4 is 23.6 Å². The highest BCUT2D eigenvalue weighted by Gasteiger charge is 2.44. The standard InChI is InChI=1S/C16H16N2O4.H2/c1-2-3-9-4-5-10-11(8-9)16(22)18(15(10)21)12-6-7-13(19)17-14(12)20;/h4-5,8,12H,2-3,6-7H2,1H3,(H,17,19,20);1H. The quantitative estimate of drug-likeness (QED) is 0.853. The second-order valence-electron chi connectivity index (χ2n) is 5.58. The van der Waals surface area contributed by atoms with Gasteiger partial charge in [0.15, 0.2) is 0 Å². The minimum absolute atomic E-state index is 0. The number of carbonyl (C=O) groups excluding carboxylic acids is 4. The zero-order chi connectivity index (χ0) is 15.9. The van der Waals surface area contributed by atoms with Gasteiger partial charge < -0.3 is 0 Å². The largest absolute Gasteiger partial charge is 0.295 e. The minimum atomic E-state index is -0.903. The lowest BCUT2D eigenvalue weighted by atomic mass is 10.0. The number of aryl methyl sites for hydroxylation is 1. The van der Waals surface area contributed by atoms with Crippen LogP contribution in [0.3, 0.4) is 0 Å². The van der Waals surface area contributed by atoms with E-state index in [9.17, 15) is 19.2 Å². The van der Waals surface area contributed by atoms with Crippen molar-refractivity contribution in [3.8, 4) is 0 Å². The highest BCUT2D eigenvalue weighted by molar-refractivity contribution is 6.23. The third-order valence-electron chi connectivity index (χ3n) is 4.04. The topological polar surface area (TPSA) is 83.6 Å². The normalized spacial score (nSPS) is 21.1. The number of amides is 4. The molecule has 1 saturated heterocycles. The molecule has 1 atom stereocenters. The molecular formula is C16H18N2O4. The Balaban J connectivity index is 0.00000192. The van der Waals surface area contributed by atoms with Crippen LogP contribution < -0.4 is 5.32 Å². The van der Waals surface area contributed by atoms with Crippen molar-refractivity contribution in [2.45, 2.75) is 38.6 Å². The van der Waals surface area contributed by atoms with Gasteiger partial charge in [-0.1, -0.05) is 19.4 Å². The van der Waals surface area contributed by atoms with E-state index in [0.29, 0.717) is 11.1 Å². The molecule has 1 unspecified atom stereocenters. The Kier molecular flexibility index (Phi) is 3.52. The first kappa shape index (κ1) is 14.4. The molecule has 0 spiro atoms. The molecule has 3 rings (SSSR count). The Morgan fingerprint density at radius 2 is 1.91 bits per heavy atom. The van der Waals surface area contributed by atoms with E-state index in [1.165, 1.54) is 0 Å². The van der Waals surface area contributed by atoms with Crippen LogP contribution in [-0.4, -0.2) is 34.6 Å². The molecule has 1 aromatic carbocycles. The molecule has 1 aromatic rings. The number of nitrogens with zero attached hydrogens (tertiary/aromatic N) is 1. The van der Waals surface area contributed by atoms with Crippen molar-refractivity contribution in [1.29, 1.82) is 0 Å². The molecule has 0 aromatic heterocycles. The van der Waals surface area contributed by atoms with Gasteiger partial charge >= 0.3 is 0 Å². The van der Waals surface area contributed by atoms with Crippen LogP contribution in [0.5, 0.6) is 0 Å². The number of benzene rings is 1. The molecule has 22 heavy (non-hydrogen) atoms. The summed E-state index contributed by atoms with van der Waals surface area (Å²) in [5.41, 5.74) is 1.67. The van der Waals surface area contributed by atoms with E-state index in [1.807, 2.05) is 13.0 Å². The van der Waals surface area contributed by atoms with Crippen molar-refractivity contribution in [3.05, 3.63) is 34.9 Å². The number of nitrogens with one attached hydrogen (secondary N) is 1. The SMILES string of the molecule is CCCc1ccc2c(c1)C(=O)N(C1CCC(=O)NC1=O)C2=O.[HH]. The minimum Gasteiger partial charge on any atom is -0.295 e. The third-order valence-corrected chi connectivity index (χ3v) is 4.04. The van der Waals surface area contributed by atoms with Gasteiger partial charge in [0.05, 0.1) is 11.1 Å². The van der Waals surface area contributed by atoms with Gasteiger partial charge in [-0.2, -0.15) is 0 Å². The fraction of sp³-hybridized carbons (Fsp3) is 0.375. The highest BCUT2D eigenvalue weighted by atomic mass is 16.2. The van der Waals surface area contributed by atoms with Crippen LogP contribution in [0.15, 0.2) is 18.2 Å². The summed E-state index contributed by atoms with van der Waals surface area (Å²) in [6.07, 6.45) is 2.08. The molecule has 0 bridgehead atoms. The lowest BCUT2D eigenvalue weighted by molar-refractivity contribution is -0.136. The van der Waals surface area contributed by atoms with Gasteiger partial charge in [-0.3, -0.25) is 29.4 Å². The fourth-order valence-electron chi connectivity index (χ4n) is 2.96. The molecular weight excluding hydrogens is 284 g/mol. The molecule has 4 amide bonds. The molecule has 2 aliphatic rings.